The minimum atomic E-state index is -0.287. The Kier molecular flexibility index (Phi) is 4.65. The highest BCUT2D eigenvalue weighted by Crippen LogP contribution is 2.23. The molecule has 3 aromatic carbocycles. The van der Waals surface area contributed by atoms with Crippen molar-refractivity contribution < 1.29 is 9.18 Å². The van der Waals surface area contributed by atoms with Gasteiger partial charge in [0.05, 0.1) is 17.9 Å². The second-order valence-corrected chi connectivity index (χ2v) is 6.80. The lowest BCUT2D eigenvalue weighted by atomic mass is 10.0. The van der Waals surface area contributed by atoms with Gasteiger partial charge < -0.3 is 5.32 Å². The molecule has 1 amide bonds. The molecule has 28 heavy (non-hydrogen) atoms. The molecule has 0 fully saturated rings. The summed E-state index contributed by atoms with van der Waals surface area (Å²) in [5.74, 6) is -0.414. The van der Waals surface area contributed by atoms with E-state index in [0.29, 0.717) is 5.56 Å². The predicted octanol–water partition coefficient (Wildman–Crippen LogP) is 4.96. The van der Waals surface area contributed by atoms with Gasteiger partial charge in [-0.1, -0.05) is 36.4 Å². The van der Waals surface area contributed by atoms with Gasteiger partial charge in [-0.05, 0) is 55.0 Å². The number of carbonyl (C=O) groups excluding carboxylic acids is 1. The van der Waals surface area contributed by atoms with Crippen LogP contribution in [0.1, 0.15) is 34.6 Å². The average molecular weight is 373 g/mol. The minimum absolute atomic E-state index is 0.127. The van der Waals surface area contributed by atoms with E-state index < -0.39 is 0 Å². The number of amides is 1. The molecule has 0 aliphatic heterocycles. The van der Waals surface area contributed by atoms with E-state index in [-0.39, 0.29) is 17.8 Å². The molecule has 4 aromatic rings. The fourth-order valence-corrected chi connectivity index (χ4v) is 3.47. The molecule has 1 N–H and O–H groups in total. The normalized spacial score (nSPS) is 12.1. The van der Waals surface area contributed by atoms with E-state index in [1.165, 1.54) is 12.1 Å². The third-order valence-electron chi connectivity index (χ3n) is 4.97. The number of hydrogen-bond donors (Lipinski definition) is 1. The summed E-state index contributed by atoms with van der Waals surface area (Å²) in [4.78, 5) is 12.9. The number of halogens is 1. The molecule has 0 radical (unpaired) electrons. The lowest BCUT2D eigenvalue weighted by Crippen LogP contribution is -2.27. The van der Waals surface area contributed by atoms with Crippen LogP contribution in [-0.2, 0) is 0 Å². The van der Waals surface area contributed by atoms with E-state index in [2.05, 4.69) is 10.4 Å². The van der Waals surface area contributed by atoms with Crippen LogP contribution in [0.5, 0.6) is 0 Å². The molecule has 4 nitrogen and oxygen atoms in total. The minimum Gasteiger partial charge on any atom is -0.345 e. The van der Waals surface area contributed by atoms with Crippen molar-refractivity contribution in [3.8, 4) is 5.69 Å². The van der Waals surface area contributed by atoms with Crippen molar-refractivity contribution in [2.24, 2.45) is 0 Å². The van der Waals surface area contributed by atoms with Gasteiger partial charge in [0.25, 0.3) is 5.91 Å². The van der Waals surface area contributed by atoms with E-state index in [4.69, 9.17) is 0 Å². The van der Waals surface area contributed by atoms with Crippen molar-refractivity contribution in [1.29, 1.82) is 0 Å². The first kappa shape index (κ1) is 17.9. The lowest BCUT2D eigenvalue weighted by Gasteiger charge is -2.15. The van der Waals surface area contributed by atoms with Gasteiger partial charge in [0.15, 0.2) is 0 Å². The van der Waals surface area contributed by atoms with Crippen LogP contribution < -0.4 is 5.32 Å². The first-order valence-electron chi connectivity index (χ1n) is 9.13. The lowest BCUT2D eigenvalue weighted by molar-refractivity contribution is 0.0941. The molecule has 0 aliphatic carbocycles. The summed E-state index contributed by atoms with van der Waals surface area (Å²) >= 11 is 0. The summed E-state index contributed by atoms with van der Waals surface area (Å²) in [6.07, 6.45) is 1.74. The highest BCUT2D eigenvalue weighted by molar-refractivity contribution is 6.07. The second kappa shape index (κ2) is 7.27. The smallest absolute Gasteiger partial charge is 0.252 e. The van der Waals surface area contributed by atoms with Crippen LogP contribution in [-0.4, -0.2) is 15.7 Å². The number of fused-ring (bicyclic) bond motifs is 1. The average Bonchev–Trinajstić information content (AvgIpc) is 3.09. The van der Waals surface area contributed by atoms with Gasteiger partial charge in [-0.3, -0.25) is 4.79 Å². The Hall–Kier alpha value is -3.47. The summed E-state index contributed by atoms with van der Waals surface area (Å²) in [6, 6.07) is 19.5. The van der Waals surface area contributed by atoms with Crippen LogP contribution >= 0.6 is 0 Å². The number of nitrogens with one attached hydrogen (secondary N) is 1. The Morgan fingerprint density at radius 2 is 1.75 bits per heavy atom. The Bertz CT molecular complexity index is 1140. The standard InChI is InChI=1S/C23H20FN3O/c1-15(22-14-25-27(16(22)2)19-12-10-18(24)11-13-19)26-23(28)21-9-5-7-17-6-3-4-8-20(17)21/h3-15H,1-2H3,(H,26,28). The van der Waals surface area contributed by atoms with Gasteiger partial charge in [0.2, 0.25) is 0 Å². The molecular formula is C23H20FN3O. The number of hydrogen-bond acceptors (Lipinski definition) is 2. The number of rotatable bonds is 4. The quantitative estimate of drug-likeness (QED) is 0.549. The van der Waals surface area contributed by atoms with Gasteiger partial charge in [0, 0.05) is 16.8 Å². The third-order valence-corrected chi connectivity index (χ3v) is 4.97. The number of nitrogens with zero attached hydrogens (tertiary/aromatic N) is 2. The first-order valence-corrected chi connectivity index (χ1v) is 9.13. The predicted molar refractivity (Wildman–Crippen MR) is 108 cm³/mol. The van der Waals surface area contributed by atoms with Crippen LogP contribution in [0.15, 0.2) is 72.9 Å². The highest BCUT2D eigenvalue weighted by Gasteiger charge is 2.18. The van der Waals surface area contributed by atoms with Crippen LogP contribution in [0.2, 0.25) is 0 Å². The summed E-state index contributed by atoms with van der Waals surface area (Å²) in [6.45, 7) is 3.87. The zero-order chi connectivity index (χ0) is 19.7. The summed E-state index contributed by atoms with van der Waals surface area (Å²) in [5.41, 5.74) is 3.24. The molecule has 0 saturated carbocycles. The molecule has 4 rings (SSSR count). The van der Waals surface area contributed by atoms with Crippen molar-refractivity contribution in [1.82, 2.24) is 15.1 Å². The summed E-state index contributed by atoms with van der Waals surface area (Å²) in [7, 11) is 0. The van der Waals surface area contributed by atoms with Crippen molar-refractivity contribution in [2.45, 2.75) is 19.9 Å². The Morgan fingerprint density at radius 1 is 1.04 bits per heavy atom. The van der Waals surface area contributed by atoms with Gasteiger partial charge in [-0.2, -0.15) is 5.10 Å². The monoisotopic (exact) mass is 373 g/mol. The van der Waals surface area contributed by atoms with Crippen molar-refractivity contribution >= 4 is 16.7 Å². The fourth-order valence-electron chi connectivity index (χ4n) is 3.47. The Labute approximate surface area is 162 Å². The van der Waals surface area contributed by atoms with Gasteiger partial charge in [0.1, 0.15) is 5.82 Å². The molecule has 0 aliphatic rings. The molecule has 1 aromatic heterocycles. The van der Waals surface area contributed by atoms with Crippen LogP contribution in [0.3, 0.4) is 0 Å². The first-order chi connectivity index (χ1) is 13.5. The molecule has 1 heterocycles. The fraction of sp³-hybridized carbons (Fsp3) is 0.130. The maximum atomic E-state index is 13.2. The van der Waals surface area contributed by atoms with Gasteiger partial charge >= 0.3 is 0 Å². The molecule has 0 spiro atoms. The van der Waals surface area contributed by atoms with Crippen LogP contribution in [0.4, 0.5) is 4.39 Å². The largest absolute Gasteiger partial charge is 0.345 e. The molecular weight excluding hydrogens is 353 g/mol. The number of aromatic nitrogens is 2. The van der Waals surface area contributed by atoms with E-state index >= 15 is 0 Å². The van der Waals surface area contributed by atoms with E-state index in [1.54, 1.807) is 23.0 Å². The highest BCUT2D eigenvalue weighted by atomic mass is 19.1. The van der Waals surface area contributed by atoms with Crippen molar-refractivity contribution in [3.63, 3.8) is 0 Å². The zero-order valence-corrected chi connectivity index (χ0v) is 15.7. The molecule has 1 atom stereocenters. The van der Waals surface area contributed by atoms with Gasteiger partial charge in [-0.15, -0.1) is 0 Å². The van der Waals surface area contributed by atoms with Crippen molar-refractivity contribution in [2.75, 3.05) is 0 Å². The van der Waals surface area contributed by atoms with E-state index in [0.717, 1.165) is 27.7 Å². The molecule has 0 saturated heterocycles. The Morgan fingerprint density at radius 3 is 2.54 bits per heavy atom. The molecule has 1 unspecified atom stereocenters. The maximum absolute atomic E-state index is 13.2. The molecule has 5 heteroatoms. The van der Waals surface area contributed by atoms with E-state index in [1.807, 2.05) is 56.3 Å². The third kappa shape index (κ3) is 3.27. The topological polar surface area (TPSA) is 46.9 Å². The summed E-state index contributed by atoms with van der Waals surface area (Å²) in [5, 5.41) is 9.43. The summed E-state index contributed by atoms with van der Waals surface area (Å²) < 4.78 is 14.9. The van der Waals surface area contributed by atoms with Crippen molar-refractivity contribution in [3.05, 3.63) is 95.6 Å². The number of benzene rings is 3. The SMILES string of the molecule is Cc1c(C(C)NC(=O)c2cccc3ccccc23)cnn1-c1ccc(F)cc1. The number of carbonyl (C=O) groups is 1. The van der Waals surface area contributed by atoms with Crippen LogP contribution in [0, 0.1) is 12.7 Å². The van der Waals surface area contributed by atoms with Gasteiger partial charge in [-0.25, -0.2) is 9.07 Å². The van der Waals surface area contributed by atoms with E-state index in [9.17, 15) is 9.18 Å². The molecule has 0 bridgehead atoms. The molecule has 140 valence electrons. The Balaban J connectivity index is 1.59. The zero-order valence-electron chi connectivity index (χ0n) is 15.7. The second-order valence-electron chi connectivity index (χ2n) is 6.80. The van der Waals surface area contributed by atoms with Crippen LogP contribution in [0.25, 0.3) is 16.5 Å². The maximum Gasteiger partial charge on any atom is 0.252 e.